The molecule has 0 fully saturated rings. The maximum Gasteiger partial charge on any atom is 0.416 e. The standard InChI is InChI=1S/C17H24F3N/c1-11(2)8-9-21-15-7-6-13(17(18,19)20)10-14(15)12(3)16(21,4)5/h6-7,10-12H,8-9H2,1-5H3. The Labute approximate surface area is 125 Å². The highest BCUT2D eigenvalue weighted by atomic mass is 19.4. The molecule has 0 aliphatic carbocycles. The molecular weight excluding hydrogens is 275 g/mol. The Kier molecular flexibility index (Phi) is 4.02. The quantitative estimate of drug-likeness (QED) is 0.717. The first kappa shape index (κ1) is 16.2. The Hall–Kier alpha value is -1.19. The number of benzene rings is 1. The number of halogens is 3. The molecule has 4 heteroatoms. The topological polar surface area (TPSA) is 3.24 Å². The Morgan fingerprint density at radius 1 is 1.24 bits per heavy atom. The number of nitrogens with zero attached hydrogens (tertiary/aromatic N) is 1. The average molecular weight is 299 g/mol. The molecule has 0 spiro atoms. The third-order valence-electron chi connectivity index (χ3n) is 4.80. The van der Waals surface area contributed by atoms with Gasteiger partial charge in [-0.1, -0.05) is 20.8 Å². The minimum atomic E-state index is -4.27. The lowest BCUT2D eigenvalue weighted by atomic mass is 9.86. The van der Waals surface area contributed by atoms with E-state index in [0.29, 0.717) is 5.92 Å². The second-order valence-corrected chi connectivity index (χ2v) is 6.98. The summed E-state index contributed by atoms with van der Waals surface area (Å²) in [6.07, 6.45) is -3.24. The zero-order chi connectivity index (χ0) is 16.0. The van der Waals surface area contributed by atoms with Gasteiger partial charge in [0.25, 0.3) is 0 Å². The number of hydrogen-bond donors (Lipinski definition) is 0. The molecule has 0 saturated carbocycles. The van der Waals surface area contributed by atoms with Crippen LogP contribution in [-0.4, -0.2) is 12.1 Å². The Bertz CT molecular complexity index is 517. The fourth-order valence-corrected chi connectivity index (χ4v) is 3.04. The summed E-state index contributed by atoms with van der Waals surface area (Å²) in [7, 11) is 0. The SMILES string of the molecule is CC(C)CCN1c2ccc(C(F)(F)F)cc2C(C)C1(C)C. The van der Waals surface area contributed by atoms with Crippen LogP contribution in [0.5, 0.6) is 0 Å². The van der Waals surface area contributed by atoms with Crippen LogP contribution in [0.2, 0.25) is 0 Å². The number of rotatable bonds is 3. The third kappa shape index (κ3) is 2.90. The van der Waals surface area contributed by atoms with Crippen LogP contribution < -0.4 is 4.90 Å². The van der Waals surface area contributed by atoms with Crippen LogP contribution in [0.3, 0.4) is 0 Å². The summed E-state index contributed by atoms with van der Waals surface area (Å²) in [6.45, 7) is 11.5. The van der Waals surface area contributed by atoms with E-state index in [-0.39, 0.29) is 11.5 Å². The number of fused-ring (bicyclic) bond motifs is 1. The van der Waals surface area contributed by atoms with Gasteiger partial charge in [-0.2, -0.15) is 13.2 Å². The van der Waals surface area contributed by atoms with Crippen molar-refractivity contribution in [2.75, 3.05) is 11.4 Å². The first-order valence-corrected chi connectivity index (χ1v) is 7.54. The predicted octanol–water partition coefficient (Wildman–Crippen LogP) is 5.45. The van der Waals surface area contributed by atoms with Crippen molar-refractivity contribution in [1.82, 2.24) is 0 Å². The Balaban J connectivity index is 2.41. The Morgan fingerprint density at radius 2 is 1.86 bits per heavy atom. The van der Waals surface area contributed by atoms with Gasteiger partial charge < -0.3 is 4.90 Å². The maximum absolute atomic E-state index is 12.9. The van der Waals surface area contributed by atoms with Crippen LogP contribution in [0, 0.1) is 5.92 Å². The van der Waals surface area contributed by atoms with Gasteiger partial charge in [-0.05, 0) is 49.9 Å². The summed E-state index contributed by atoms with van der Waals surface area (Å²) in [4.78, 5) is 2.27. The van der Waals surface area contributed by atoms with Crippen LogP contribution in [0.1, 0.15) is 58.1 Å². The molecule has 0 saturated heterocycles. The zero-order valence-corrected chi connectivity index (χ0v) is 13.4. The summed E-state index contributed by atoms with van der Waals surface area (Å²) in [5.74, 6) is 0.663. The second kappa shape index (κ2) is 5.22. The van der Waals surface area contributed by atoms with Gasteiger partial charge in [0.2, 0.25) is 0 Å². The van der Waals surface area contributed by atoms with Crippen LogP contribution in [-0.2, 0) is 6.18 Å². The monoisotopic (exact) mass is 299 g/mol. The van der Waals surface area contributed by atoms with Gasteiger partial charge in [0.15, 0.2) is 0 Å². The molecular formula is C17H24F3N. The molecule has 1 aromatic rings. The Morgan fingerprint density at radius 3 is 2.38 bits per heavy atom. The molecule has 0 bridgehead atoms. The molecule has 1 atom stereocenters. The molecule has 0 aromatic heterocycles. The van der Waals surface area contributed by atoms with Crippen LogP contribution >= 0.6 is 0 Å². The molecule has 1 unspecified atom stereocenters. The van der Waals surface area contributed by atoms with Crippen molar-refractivity contribution >= 4 is 5.69 Å². The van der Waals surface area contributed by atoms with E-state index in [1.807, 2.05) is 6.92 Å². The fourth-order valence-electron chi connectivity index (χ4n) is 3.04. The van der Waals surface area contributed by atoms with Crippen molar-refractivity contribution in [3.63, 3.8) is 0 Å². The van der Waals surface area contributed by atoms with E-state index < -0.39 is 11.7 Å². The van der Waals surface area contributed by atoms with Crippen molar-refractivity contribution in [3.05, 3.63) is 29.3 Å². The van der Waals surface area contributed by atoms with Gasteiger partial charge in [0.05, 0.1) is 5.56 Å². The van der Waals surface area contributed by atoms with Gasteiger partial charge in [-0.3, -0.25) is 0 Å². The van der Waals surface area contributed by atoms with E-state index in [9.17, 15) is 13.2 Å². The summed E-state index contributed by atoms with van der Waals surface area (Å²) in [5, 5.41) is 0. The zero-order valence-electron chi connectivity index (χ0n) is 13.4. The number of hydrogen-bond acceptors (Lipinski definition) is 1. The number of anilines is 1. The average Bonchev–Trinajstić information content (AvgIpc) is 2.54. The molecule has 1 nitrogen and oxygen atoms in total. The summed E-state index contributed by atoms with van der Waals surface area (Å²) in [6, 6.07) is 4.18. The van der Waals surface area contributed by atoms with Crippen molar-refractivity contribution in [3.8, 4) is 0 Å². The summed E-state index contributed by atoms with van der Waals surface area (Å²) in [5.41, 5.74) is 1.08. The largest absolute Gasteiger partial charge is 0.416 e. The van der Waals surface area contributed by atoms with E-state index >= 15 is 0 Å². The predicted molar refractivity (Wildman–Crippen MR) is 80.7 cm³/mol. The lowest BCUT2D eigenvalue weighted by molar-refractivity contribution is -0.137. The molecule has 0 radical (unpaired) electrons. The van der Waals surface area contributed by atoms with Gasteiger partial charge >= 0.3 is 6.18 Å². The van der Waals surface area contributed by atoms with E-state index in [4.69, 9.17) is 0 Å². The van der Waals surface area contributed by atoms with Gasteiger partial charge in [-0.15, -0.1) is 0 Å². The van der Waals surface area contributed by atoms with Gasteiger partial charge in [0, 0.05) is 23.7 Å². The molecule has 1 aliphatic heterocycles. The molecule has 0 amide bonds. The van der Waals surface area contributed by atoms with Crippen molar-refractivity contribution in [1.29, 1.82) is 0 Å². The molecule has 1 aromatic carbocycles. The van der Waals surface area contributed by atoms with Crippen LogP contribution in [0.15, 0.2) is 18.2 Å². The molecule has 1 heterocycles. The second-order valence-electron chi connectivity index (χ2n) is 6.98. The highest BCUT2D eigenvalue weighted by Gasteiger charge is 2.43. The minimum Gasteiger partial charge on any atom is -0.366 e. The molecule has 1 aliphatic rings. The van der Waals surface area contributed by atoms with E-state index in [2.05, 4.69) is 32.6 Å². The highest BCUT2D eigenvalue weighted by molar-refractivity contribution is 5.64. The van der Waals surface area contributed by atoms with Crippen molar-refractivity contribution < 1.29 is 13.2 Å². The highest BCUT2D eigenvalue weighted by Crippen LogP contribution is 2.48. The van der Waals surface area contributed by atoms with Gasteiger partial charge in [0.1, 0.15) is 0 Å². The lowest BCUT2D eigenvalue weighted by Crippen LogP contribution is -2.43. The lowest BCUT2D eigenvalue weighted by Gasteiger charge is -2.37. The maximum atomic E-state index is 12.9. The minimum absolute atomic E-state index is 0.0852. The van der Waals surface area contributed by atoms with Gasteiger partial charge in [-0.25, -0.2) is 0 Å². The van der Waals surface area contributed by atoms with Crippen molar-refractivity contribution in [2.45, 2.75) is 58.7 Å². The molecule has 118 valence electrons. The van der Waals surface area contributed by atoms with Crippen LogP contribution in [0.25, 0.3) is 0 Å². The van der Waals surface area contributed by atoms with Crippen molar-refractivity contribution in [2.24, 2.45) is 5.92 Å². The molecule has 0 N–H and O–H groups in total. The third-order valence-corrected chi connectivity index (χ3v) is 4.80. The van der Waals surface area contributed by atoms with E-state index in [1.54, 1.807) is 6.07 Å². The first-order chi connectivity index (χ1) is 9.55. The number of alkyl halides is 3. The van der Waals surface area contributed by atoms with E-state index in [0.717, 1.165) is 24.2 Å². The molecule has 2 rings (SSSR count). The summed E-state index contributed by atoms with van der Waals surface area (Å²) < 4.78 is 38.7. The molecule has 21 heavy (non-hydrogen) atoms. The van der Waals surface area contributed by atoms with E-state index in [1.165, 1.54) is 12.1 Å². The fraction of sp³-hybridized carbons (Fsp3) is 0.647. The van der Waals surface area contributed by atoms with Crippen LogP contribution in [0.4, 0.5) is 18.9 Å². The first-order valence-electron chi connectivity index (χ1n) is 7.54. The normalized spacial score (nSPS) is 21.0. The summed E-state index contributed by atoms with van der Waals surface area (Å²) >= 11 is 0. The smallest absolute Gasteiger partial charge is 0.366 e.